The van der Waals surface area contributed by atoms with Crippen LogP contribution in [0.15, 0.2) is 270 Å². The third kappa shape index (κ3) is 19.1. The van der Waals surface area contributed by atoms with Crippen molar-refractivity contribution in [2.75, 3.05) is 98.1 Å². The van der Waals surface area contributed by atoms with Crippen LogP contribution in [0.25, 0.3) is 109 Å². The van der Waals surface area contributed by atoms with Gasteiger partial charge in [-0.3, -0.25) is 52.4 Å². The molecular formula is C108H102FN15O13S. The molecule has 0 radical (unpaired) electrons. The van der Waals surface area contributed by atoms with Crippen LogP contribution in [0.1, 0.15) is 99.2 Å². The summed E-state index contributed by atoms with van der Waals surface area (Å²) in [5, 5.41) is 52.5. The molecule has 5 saturated heterocycles. The van der Waals surface area contributed by atoms with E-state index in [1.165, 1.54) is 39.7 Å². The maximum Gasteiger partial charge on any atom is 0.273 e. The lowest BCUT2D eigenvalue weighted by molar-refractivity contribution is -0.0395. The number of pyridine rings is 4. The average molecular weight is 1870 g/mol. The number of piperazine rings is 1. The van der Waals surface area contributed by atoms with Crippen molar-refractivity contribution in [3.63, 3.8) is 0 Å². The van der Waals surface area contributed by atoms with E-state index < -0.39 is 30.4 Å². The number of aromatic nitrogens is 13. The van der Waals surface area contributed by atoms with Gasteiger partial charge in [0.25, 0.3) is 27.4 Å². The molecule has 14 heterocycles. The van der Waals surface area contributed by atoms with Gasteiger partial charge in [-0.2, -0.15) is 4.39 Å². The van der Waals surface area contributed by atoms with Gasteiger partial charge < -0.3 is 53.9 Å². The van der Waals surface area contributed by atoms with Crippen LogP contribution in [0.3, 0.4) is 0 Å². The van der Waals surface area contributed by atoms with Gasteiger partial charge >= 0.3 is 0 Å². The van der Waals surface area contributed by atoms with E-state index in [1.54, 1.807) is 64.4 Å². The molecule has 0 spiro atoms. The number of aliphatic hydroxyl groups excluding tert-OH is 4. The Balaban J connectivity index is 0.000000114. The Hall–Kier alpha value is -14.0. The van der Waals surface area contributed by atoms with Gasteiger partial charge in [0.2, 0.25) is 5.95 Å². The van der Waals surface area contributed by atoms with Gasteiger partial charge in [0.05, 0.1) is 168 Å². The van der Waals surface area contributed by atoms with E-state index in [4.69, 9.17) is 28.7 Å². The zero-order valence-electron chi connectivity index (χ0n) is 76.4. The molecule has 5 aliphatic rings. The quantitative estimate of drug-likeness (QED) is 0.0516. The monoisotopic (exact) mass is 1870 g/mol. The first kappa shape index (κ1) is 91.7. The standard InChI is InChI=1S/C29H25FN4O3.C29H32N4O3.C28H24N4O3.C22H21N3O4S/c1-17-10-22(28(30)32-14-17)24-12-18(6-8-31-24)11-19-13-23-27(21-5-3-2-4-20(19)21)33-16-34(29(23)36)25-7-9-37-15-26(25)35;1-31-11-13-32(14-12-31)22-8-6-20(7-9-22)16-21-17-25-28(24-5-3-2-4-23(21)24)30-19-33(29(25)35)26-10-15-36-18-27(26)34;33-26-16-35-11-8-25(26)32-17-31-27-22-6-2-1-5-21(22)20(14-23(27)28(32)34)12-18-7-10-30-24(13-18)19-4-3-9-29-15-19;1-28-22-23-10-14(30-22)8-13-9-17-20(16-5-3-2-4-15(13)16)24-12-25(21(17)27)18-6-7-29-11-19(18)26/h2-6,8,10,12-14,16,25-26,35H,7,9,11,15H2,1H3;2-9,17,19,26-27,34H,10-16,18H2,1H3;1-7,9-10,13-15,17,25-26,33H,8,11-12,16H2;2-5,9-10,12,18-19,26H,6-8,11H2,1H3/t25-,26-;26-,27-;25-,26-;18-,19-/m0000/s1. The van der Waals surface area contributed by atoms with E-state index in [0.717, 1.165) is 131 Å². The van der Waals surface area contributed by atoms with Crippen LogP contribution in [0.5, 0.6) is 5.19 Å². The second-order valence-corrected chi connectivity index (χ2v) is 37.0. The lowest BCUT2D eigenvalue weighted by atomic mass is 9.95. The first-order valence-corrected chi connectivity index (χ1v) is 47.4. The fourth-order valence-electron chi connectivity index (χ4n) is 19.8. The molecule has 8 atom stereocenters. The zero-order valence-corrected chi connectivity index (χ0v) is 77.2. The largest absolute Gasteiger partial charge is 0.473 e. The van der Waals surface area contributed by atoms with Crippen molar-refractivity contribution < 1.29 is 48.5 Å². The Bertz CT molecular complexity index is 7830. The number of likely N-dealkylation sites (N-methyl/N-ethyl adjacent to an activating group) is 1. The summed E-state index contributed by atoms with van der Waals surface area (Å²) >= 11 is 1.49. The first-order valence-electron chi connectivity index (χ1n) is 46.6. The number of benzene rings is 9. The number of rotatable bonds is 16. The molecule has 5 fully saturated rings. The third-order valence-corrected chi connectivity index (χ3v) is 28.0. The van der Waals surface area contributed by atoms with Crippen molar-refractivity contribution in [3.8, 4) is 27.7 Å². The number of methoxy groups -OCH3 is 1. The molecule has 0 aliphatic carbocycles. The van der Waals surface area contributed by atoms with Crippen molar-refractivity contribution in [2.24, 2.45) is 0 Å². The number of fused-ring (bicyclic) bond motifs is 12. The molecule has 4 N–H and O–H groups in total. The molecule has 9 aromatic carbocycles. The second kappa shape index (κ2) is 40.7. The predicted molar refractivity (Wildman–Crippen MR) is 532 cm³/mol. The van der Waals surface area contributed by atoms with Gasteiger partial charge in [-0.15, -0.1) is 0 Å². The number of hydrogen-bond acceptors (Lipinski definition) is 25. The van der Waals surface area contributed by atoms with E-state index in [2.05, 4.69) is 105 Å². The first-order chi connectivity index (χ1) is 67.4. The third-order valence-electron chi connectivity index (χ3n) is 27.0. The van der Waals surface area contributed by atoms with Crippen LogP contribution in [-0.2, 0) is 44.6 Å². The van der Waals surface area contributed by atoms with Gasteiger partial charge in [-0.05, 0) is 204 Å². The SMILES string of the molecule is CN1CCN(c2ccc(Cc3cc4c(=O)n([C@H]5CCOC[C@@H]5O)cnc4c4ccccc34)cc2)CC1.COc1ncc(Cc2cc3c(=O)n([C@H]4CCOC[C@@H]4O)cnc3c3ccccc23)s1.Cc1cnc(F)c(-c2cc(Cc3cc4c(=O)n([C@H]5CCOC[C@@H]5O)cnc4c4ccccc34)ccn2)c1.O=c1c2cc(Cc3ccnc(-c4cccnc4)c3)c3ccccc3c2ncn1[C@H]1CCOC[C@@H]1O. The number of halogens is 1. The normalized spacial score (nSPS) is 19.2. The molecule has 5 aliphatic heterocycles. The Morgan fingerprint density at radius 3 is 1.16 bits per heavy atom. The zero-order chi connectivity index (χ0) is 94.6. The second-order valence-electron chi connectivity index (χ2n) is 35.9. The Morgan fingerprint density at radius 1 is 0.391 bits per heavy atom. The van der Waals surface area contributed by atoms with Crippen molar-refractivity contribution in [2.45, 2.75) is 107 Å². The fourth-order valence-corrected chi connectivity index (χ4v) is 20.5. The fraction of sp³-hybridized carbons (Fsp3) is 0.287. The Kier molecular flexibility index (Phi) is 27.1. The molecule has 18 aromatic rings. The minimum absolute atomic E-state index is 0.108. The number of nitrogens with zero attached hydrogens (tertiary/aromatic N) is 15. The van der Waals surface area contributed by atoms with Gasteiger partial charge in [-0.25, -0.2) is 29.9 Å². The molecule has 138 heavy (non-hydrogen) atoms. The molecule has 9 aromatic heterocycles. The predicted octanol–water partition coefficient (Wildman–Crippen LogP) is 14.4. The number of aryl methyl sites for hydroxylation is 1. The Labute approximate surface area is 795 Å². The van der Waals surface area contributed by atoms with Gasteiger partial charge in [0.1, 0.15) is 0 Å². The summed E-state index contributed by atoms with van der Waals surface area (Å²) in [5.41, 5.74) is 14.3. The highest BCUT2D eigenvalue weighted by molar-refractivity contribution is 7.13. The molecular weight excluding hydrogens is 1770 g/mol. The van der Waals surface area contributed by atoms with E-state index in [1.807, 2.05) is 153 Å². The van der Waals surface area contributed by atoms with Crippen molar-refractivity contribution in [1.82, 2.24) is 68.0 Å². The van der Waals surface area contributed by atoms with E-state index in [9.17, 15) is 44.0 Å². The summed E-state index contributed by atoms with van der Waals surface area (Å²) in [4.78, 5) is 100.0. The molecule has 0 unspecified atom stereocenters. The summed E-state index contributed by atoms with van der Waals surface area (Å²) in [6, 6.07) is 60.8. The van der Waals surface area contributed by atoms with Crippen LogP contribution < -0.4 is 31.9 Å². The van der Waals surface area contributed by atoms with E-state index >= 15 is 0 Å². The molecule has 0 saturated carbocycles. The minimum Gasteiger partial charge on any atom is -0.473 e. The highest BCUT2D eigenvalue weighted by Gasteiger charge is 2.33. The number of hydrogen-bond donors (Lipinski definition) is 4. The van der Waals surface area contributed by atoms with Crippen LogP contribution >= 0.6 is 11.3 Å². The highest BCUT2D eigenvalue weighted by atomic mass is 32.1. The maximum absolute atomic E-state index is 14.4. The summed E-state index contributed by atoms with van der Waals surface area (Å²) in [6.45, 7) is 9.05. The molecule has 0 bridgehead atoms. The van der Waals surface area contributed by atoms with E-state index in [0.29, 0.717) is 131 Å². The van der Waals surface area contributed by atoms with Crippen molar-refractivity contribution >= 4 is 104 Å². The number of aliphatic hydroxyl groups is 4. The highest BCUT2D eigenvalue weighted by Crippen LogP contribution is 2.38. The lowest BCUT2D eigenvalue weighted by Crippen LogP contribution is -2.44. The minimum atomic E-state index is -0.766. The smallest absolute Gasteiger partial charge is 0.273 e. The average Bonchev–Trinajstić information content (AvgIpc) is 0.906. The molecule has 28 nitrogen and oxygen atoms in total. The topological polar surface area (TPSA) is 338 Å². The maximum atomic E-state index is 14.4. The summed E-state index contributed by atoms with van der Waals surface area (Å²) < 4.78 is 47.3. The lowest BCUT2D eigenvalue weighted by Gasteiger charge is -2.34. The van der Waals surface area contributed by atoms with Crippen molar-refractivity contribution in [1.29, 1.82) is 0 Å². The number of anilines is 1. The summed E-state index contributed by atoms with van der Waals surface area (Å²) in [5.74, 6) is -0.562. The molecule has 0 amide bonds. The molecule has 30 heteroatoms. The molecule has 700 valence electrons. The Morgan fingerprint density at radius 2 is 0.775 bits per heavy atom. The van der Waals surface area contributed by atoms with Gasteiger partial charge in [-0.1, -0.05) is 121 Å². The summed E-state index contributed by atoms with van der Waals surface area (Å²) in [6.07, 6.45) is 18.4. The van der Waals surface area contributed by atoms with Crippen LogP contribution in [0.2, 0.25) is 0 Å². The summed E-state index contributed by atoms with van der Waals surface area (Å²) in [7, 11) is 3.78. The number of thiazole rings is 1. The van der Waals surface area contributed by atoms with Crippen LogP contribution in [0, 0.1) is 12.9 Å². The van der Waals surface area contributed by atoms with Crippen LogP contribution in [-0.4, -0.2) is 206 Å². The number of ether oxygens (including phenoxy) is 5. The van der Waals surface area contributed by atoms with Crippen molar-refractivity contribution in [3.05, 3.63) is 347 Å². The van der Waals surface area contributed by atoms with Crippen LogP contribution in [0.4, 0.5) is 10.1 Å². The molecule has 23 rings (SSSR count). The van der Waals surface area contributed by atoms with E-state index in [-0.39, 0.29) is 72.8 Å². The van der Waals surface area contributed by atoms with Gasteiger partial charge in [0.15, 0.2) is 0 Å². The van der Waals surface area contributed by atoms with Gasteiger partial charge in [0, 0.05) is 134 Å².